The van der Waals surface area contributed by atoms with Crippen molar-refractivity contribution in [2.45, 2.75) is 202 Å². The Hall–Kier alpha value is -14.9. The number of hydrogen-bond acceptors (Lipinski definition) is 29. The highest BCUT2D eigenvalue weighted by molar-refractivity contribution is 8.76. The minimum atomic E-state index is -2.26. The molecule has 814 valence electrons. The van der Waals surface area contributed by atoms with Crippen LogP contribution in [0.2, 0.25) is 0 Å². The Bertz CT molecular complexity index is 5860. The van der Waals surface area contributed by atoms with Crippen molar-refractivity contribution in [3.05, 3.63) is 120 Å². The average molecular weight is 2130 g/mol. The van der Waals surface area contributed by atoms with E-state index in [4.69, 9.17) is 22.9 Å². The number of para-hydroxylation sites is 2. The van der Waals surface area contributed by atoms with Crippen molar-refractivity contribution < 1.29 is 131 Å². The zero-order chi connectivity index (χ0) is 110. The van der Waals surface area contributed by atoms with Crippen molar-refractivity contribution in [2.75, 3.05) is 103 Å². The van der Waals surface area contributed by atoms with Gasteiger partial charge in [0.1, 0.15) is 78.5 Å². The zero-order valence-corrected chi connectivity index (χ0v) is 84.9. The van der Waals surface area contributed by atoms with E-state index in [1.165, 1.54) is 13.1 Å². The second-order valence-corrected chi connectivity index (χ2v) is 39.7. The number of nitrogens with two attached hydrogens (primary N) is 4. The number of nitrogens with one attached hydrogen (secondary N) is 15. The molecule has 18 amide bonds. The number of aliphatic hydroxyl groups excluding tert-OH is 1. The Morgan fingerprint density at radius 3 is 1.48 bits per heavy atom. The Kier molecular flexibility index (Phi) is 46.0. The lowest BCUT2D eigenvalue weighted by atomic mass is 9.97. The van der Waals surface area contributed by atoms with Gasteiger partial charge in [-0.3, -0.25) is 125 Å². The fourth-order valence-electron chi connectivity index (χ4n) is 17.4. The number of aliphatic hydroxyl groups is 1. The molecule has 5 heterocycles. The van der Waals surface area contributed by atoms with Crippen LogP contribution in [0.3, 0.4) is 0 Å². The Morgan fingerprint density at radius 2 is 0.953 bits per heavy atom. The van der Waals surface area contributed by atoms with Crippen LogP contribution in [0, 0.1) is 5.92 Å². The van der Waals surface area contributed by atoms with Gasteiger partial charge in [0.25, 0.3) is 0 Å². The van der Waals surface area contributed by atoms with E-state index in [9.17, 15) is 102 Å². The molecule has 9 rings (SSSR count). The van der Waals surface area contributed by atoms with Gasteiger partial charge in [0.2, 0.25) is 106 Å². The van der Waals surface area contributed by atoms with Crippen LogP contribution in [-0.2, 0) is 125 Å². The molecular formula is C97H132N24O27S2. The average Bonchev–Trinajstić information content (AvgIpc) is 1.69. The standard InChI is InChI=1S/C97H132N24O27S2/c1-5-52(2)83(115-96(147)84(53(3)122)116-91(142)67(105-54(4)123)39-58-44-103-62-19-10-8-17-60(58)62)95(146)114-73-51-150-149-50-72(113-90(141)70(43-79(128)129)111-86(137)65(25-26-75(98)124)107-87(138)66(38-55-23-24-56-15-6-7-16-57(56)37-55)108-88(139)68(41-76(99)125)109-89(140)69(42-77(100)126)110-92(73)143)93(144)112-71(40-59-45-104-63-20-11-9-18-61(59)63)97(148)121-28-14-22-74(121)94(145)106-64(85(101)136)21-12-13-27-102-78(127)46-117-29-31-118(47-80(130)131)33-35-120(49-82(134)135)36-34-119(32-30-117)48-81(132)133/h6-11,15-20,23-24,37,44-45,52-53,64-74,83-84,103-104,122H,5,12-14,21-22,25-36,38-43,46-51H2,1-4H3,(H2,98,124)(H2,99,125)(H2,100,126)(H2,101,136)(H,102,127)(H,105,123)(H,106,145)(H,107,138)(H,108,139)(H,109,140)(H,110,143)(H,111,137)(H,112,144)(H,113,141)(H,114,146)(H,115,147)(H,116,142)(H,128,129)(H,130,131)(H,132,133)(H,134,135)/t52-,53+,64+,65-,66-,67-,68-,69-,70-,71-,72-,73-,74-,83-,84-/m0/s1. The molecule has 0 aliphatic carbocycles. The van der Waals surface area contributed by atoms with Crippen molar-refractivity contribution in [2.24, 2.45) is 28.9 Å². The van der Waals surface area contributed by atoms with Gasteiger partial charge in [-0.2, -0.15) is 0 Å². The topological polar surface area (TPSA) is 785 Å². The maximum Gasteiger partial charge on any atom is 0.317 e. The molecule has 6 aromatic rings. The number of amides is 18. The van der Waals surface area contributed by atoms with Gasteiger partial charge in [-0.15, -0.1) is 0 Å². The van der Waals surface area contributed by atoms with E-state index in [0.717, 1.165) is 18.7 Å². The number of carboxylic acid groups (broad SMARTS) is 4. The molecule has 3 fully saturated rings. The Balaban J connectivity index is 1.03. The summed E-state index contributed by atoms with van der Waals surface area (Å²) < 4.78 is 0. The largest absolute Gasteiger partial charge is 0.481 e. The van der Waals surface area contributed by atoms with E-state index in [2.05, 4.69) is 79.1 Å². The first-order chi connectivity index (χ1) is 71.3. The predicted octanol–water partition coefficient (Wildman–Crippen LogP) is -5.78. The molecule has 0 saturated carbocycles. The van der Waals surface area contributed by atoms with E-state index in [1.807, 2.05) is 0 Å². The van der Waals surface area contributed by atoms with Crippen molar-refractivity contribution in [1.82, 2.24) is 104 Å². The summed E-state index contributed by atoms with van der Waals surface area (Å²) in [5.41, 5.74) is 25.5. The zero-order valence-electron chi connectivity index (χ0n) is 83.3. The van der Waals surface area contributed by atoms with Crippen LogP contribution >= 0.6 is 21.6 Å². The number of carbonyl (C=O) groups excluding carboxylic acids is 18. The van der Waals surface area contributed by atoms with Gasteiger partial charge in [-0.05, 0) is 91.0 Å². The minimum Gasteiger partial charge on any atom is -0.481 e. The highest BCUT2D eigenvalue weighted by Gasteiger charge is 2.44. The van der Waals surface area contributed by atoms with Crippen LogP contribution in [0.1, 0.15) is 115 Å². The first-order valence-electron chi connectivity index (χ1n) is 48.9. The molecule has 3 saturated heterocycles. The van der Waals surface area contributed by atoms with Gasteiger partial charge in [0, 0.05) is 144 Å². The lowest BCUT2D eigenvalue weighted by molar-refractivity contribution is -0.143. The maximum atomic E-state index is 15.8. The maximum absolute atomic E-state index is 15.8. The smallest absolute Gasteiger partial charge is 0.317 e. The second-order valence-electron chi connectivity index (χ2n) is 37.2. The number of nitrogens with zero attached hydrogens (tertiary/aromatic N) is 5. The van der Waals surface area contributed by atoms with Gasteiger partial charge < -0.3 is 132 Å². The third-order valence-electron chi connectivity index (χ3n) is 25.6. The second kappa shape index (κ2) is 58.1. The Labute approximate surface area is 868 Å². The highest BCUT2D eigenvalue weighted by Crippen LogP contribution is 2.29. The number of rotatable bonds is 44. The quantitative estimate of drug-likeness (QED) is 0.0125. The molecule has 4 aromatic carbocycles. The van der Waals surface area contributed by atoms with Crippen molar-refractivity contribution in [3.8, 4) is 0 Å². The number of primary amides is 4. The van der Waals surface area contributed by atoms with Gasteiger partial charge in [-0.25, -0.2) is 0 Å². The molecule has 0 unspecified atom stereocenters. The molecule has 51 nitrogen and oxygen atoms in total. The summed E-state index contributed by atoms with van der Waals surface area (Å²) in [4.78, 5) is 322. The number of likely N-dealkylation sites (tertiary alicyclic amines) is 1. The predicted molar refractivity (Wildman–Crippen MR) is 544 cm³/mol. The SMILES string of the molecule is CC[C@H](C)[C@H](NC(=O)[C@@H](NC(=O)[C@H](Cc1c[nH]c2ccccc12)NC(C)=O)[C@@H](C)O)C(=O)N[C@H]1CSSC[C@@H](C(=O)N[C@@H](Cc2c[nH]c3ccccc23)C(=O)N2CCC[C@H]2C(=O)N[C@H](CCCCNC(=O)CN2CCN(CC(=O)O)CCN(CC(=O)O)CCN(CC(=O)O)CC2)C(N)=O)NC(=O)[C@H](CC(=O)O)NC(=O)[C@H](CCC(N)=O)NC(=O)[C@H](Cc2ccc3ccccc3c2)NC(=O)[C@H](CC(N)=O)NC(=O)[C@H](CC(N)=O)NC1=O. The number of unbranched alkanes of at least 4 members (excludes halogenated alkanes) is 1. The number of aromatic amines is 2. The number of benzene rings is 4. The first kappa shape index (κ1) is 119. The number of aliphatic carboxylic acids is 4. The lowest BCUT2D eigenvalue weighted by Crippen LogP contribution is -2.63. The third kappa shape index (κ3) is 37.4. The third-order valence-corrected chi connectivity index (χ3v) is 28.0. The number of carbonyl (C=O) groups is 22. The molecule has 2 aromatic heterocycles. The molecule has 15 atom stereocenters. The molecule has 28 N–H and O–H groups in total. The van der Waals surface area contributed by atoms with Crippen molar-refractivity contribution >= 4 is 184 Å². The summed E-state index contributed by atoms with van der Waals surface area (Å²) in [5.74, 6) is -27.8. The van der Waals surface area contributed by atoms with Crippen LogP contribution in [0.4, 0.5) is 0 Å². The highest BCUT2D eigenvalue weighted by atomic mass is 33.1. The number of carboxylic acids is 4. The number of aromatic nitrogens is 2. The van der Waals surface area contributed by atoms with E-state index in [0.29, 0.717) is 70.9 Å². The Morgan fingerprint density at radius 1 is 0.473 bits per heavy atom. The van der Waals surface area contributed by atoms with Gasteiger partial charge in [0.15, 0.2) is 0 Å². The van der Waals surface area contributed by atoms with Gasteiger partial charge in [0.05, 0.1) is 51.5 Å². The summed E-state index contributed by atoms with van der Waals surface area (Å²) in [6.45, 7) is 5.11. The molecular weight excluding hydrogens is 2000 g/mol. The van der Waals surface area contributed by atoms with Crippen LogP contribution < -0.4 is 92.1 Å². The molecule has 0 radical (unpaired) electrons. The normalized spacial score (nSPS) is 20.7. The van der Waals surface area contributed by atoms with Crippen LogP contribution in [0.15, 0.2) is 103 Å². The van der Waals surface area contributed by atoms with E-state index >= 15 is 28.8 Å². The van der Waals surface area contributed by atoms with E-state index in [1.54, 1.807) is 124 Å². The summed E-state index contributed by atoms with van der Waals surface area (Å²) in [6, 6.07) is 1.72. The summed E-state index contributed by atoms with van der Waals surface area (Å²) in [6.07, 6.45) is -3.98. The van der Waals surface area contributed by atoms with Crippen molar-refractivity contribution in [3.63, 3.8) is 0 Å². The molecule has 3 aliphatic heterocycles. The fourth-order valence-corrected chi connectivity index (χ4v) is 19.8. The molecule has 3 aliphatic rings. The van der Waals surface area contributed by atoms with E-state index < -0.39 is 290 Å². The number of fused-ring (bicyclic) bond motifs is 3. The first-order valence-corrected chi connectivity index (χ1v) is 51.4. The monoisotopic (exact) mass is 2130 g/mol. The molecule has 150 heavy (non-hydrogen) atoms. The number of hydrogen-bond donors (Lipinski definition) is 24. The van der Waals surface area contributed by atoms with Crippen LogP contribution in [0.25, 0.3) is 32.6 Å². The number of H-pyrrole nitrogens is 2. The van der Waals surface area contributed by atoms with Gasteiger partial charge >= 0.3 is 23.9 Å². The molecule has 0 spiro atoms. The van der Waals surface area contributed by atoms with Gasteiger partial charge in [-0.1, -0.05) is 121 Å². The molecule has 0 bridgehead atoms. The summed E-state index contributed by atoms with van der Waals surface area (Å²) in [7, 11) is 1.27. The minimum absolute atomic E-state index is 0.0261. The van der Waals surface area contributed by atoms with Crippen LogP contribution in [0.5, 0.6) is 0 Å². The van der Waals surface area contributed by atoms with E-state index in [-0.39, 0.29) is 123 Å². The summed E-state index contributed by atoms with van der Waals surface area (Å²) in [5, 5.41) is 85.9. The van der Waals surface area contributed by atoms with Crippen molar-refractivity contribution in [1.29, 1.82) is 0 Å². The fraction of sp³-hybridized carbons (Fsp3) is 0.505. The molecule has 53 heteroatoms. The van der Waals surface area contributed by atoms with Crippen LogP contribution in [-0.4, -0.2) is 378 Å². The summed E-state index contributed by atoms with van der Waals surface area (Å²) >= 11 is 0. The lowest BCUT2D eigenvalue weighted by Gasteiger charge is -2.32.